The van der Waals surface area contributed by atoms with Crippen molar-refractivity contribution in [1.82, 2.24) is 4.31 Å². The van der Waals surface area contributed by atoms with E-state index in [9.17, 15) is 18.0 Å². The van der Waals surface area contributed by atoms with Gasteiger partial charge in [-0.25, -0.2) is 17.5 Å². The van der Waals surface area contributed by atoms with Gasteiger partial charge in [-0.05, 0) is 38.1 Å². The Morgan fingerprint density at radius 2 is 1.81 bits per heavy atom. The van der Waals surface area contributed by atoms with E-state index in [-0.39, 0.29) is 28.2 Å². The summed E-state index contributed by atoms with van der Waals surface area (Å²) in [6.45, 7) is 5.40. The minimum Gasteiger partial charge on any atom is -0.489 e. The number of para-hydroxylation sites is 1. The highest BCUT2D eigenvalue weighted by molar-refractivity contribution is 7.89. The van der Waals surface area contributed by atoms with Crippen molar-refractivity contribution in [3.8, 4) is 5.75 Å². The fourth-order valence-corrected chi connectivity index (χ4v) is 4.16. The molecule has 3 unspecified atom stereocenters. The third-order valence-corrected chi connectivity index (χ3v) is 7.11. The van der Waals surface area contributed by atoms with Gasteiger partial charge in [-0.2, -0.15) is 0 Å². The fraction of sp³-hybridized carbons (Fsp3) is 0.364. The van der Waals surface area contributed by atoms with Crippen molar-refractivity contribution < 1.29 is 27.5 Å². The van der Waals surface area contributed by atoms with Gasteiger partial charge in [0, 0.05) is 31.3 Å². The number of benzene rings is 2. The van der Waals surface area contributed by atoms with Crippen LogP contribution in [0.1, 0.15) is 42.6 Å². The van der Waals surface area contributed by atoms with Crippen molar-refractivity contribution in [3.63, 3.8) is 0 Å². The Labute approximate surface area is 182 Å². The van der Waals surface area contributed by atoms with Crippen molar-refractivity contribution in [2.45, 2.75) is 43.8 Å². The van der Waals surface area contributed by atoms with E-state index in [0.717, 1.165) is 9.87 Å². The number of nitrogens with zero attached hydrogens (tertiary/aromatic N) is 1. The van der Waals surface area contributed by atoms with Gasteiger partial charge < -0.3 is 14.8 Å². The number of amides is 1. The molecule has 1 N–H and O–H groups in total. The molecule has 31 heavy (non-hydrogen) atoms. The van der Waals surface area contributed by atoms with E-state index < -0.39 is 28.0 Å². The lowest BCUT2D eigenvalue weighted by molar-refractivity contribution is -0.123. The second-order valence-corrected chi connectivity index (χ2v) is 9.84. The summed E-state index contributed by atoms with van der Waals surface area (Å²) in [6.07, 6.45) is -1.16. The average Bonchev–Trinajstić information content (AvgIpc) is 3.01. The number of carbonyl (C=O) groups excluding carboxylic acids is 2. The molecule has 1 amide bonds. The number of rotatable bonds is 6. The molecular formula is C22H26N2O6S. The Balaban J connectivity index is 1.71. The van der Waals surface area contributed by atoms with Crippen LogP contribution in [0, 0.1) is 0 Å². The highest BCUT2D eigenvalue weighted by Crippen LogP contribution is 2.40. The molecule has 9 heteroatoms. The Bertz CT molecular complexity index is 1110. The van der Waals surface area contributed by atoms with Gasteiger partial charge in [0.1, 0.15) is 17.4 Å². The Morgan fingerprint density at radius 3 is 2.48 bits per heavy atom. The van der Waals surface area contributed by atoms with E-state index in [1.165, 1.54) is 39.2 Å². The highest BCUT2D eigenvalue weighted by atomic mass is 32.2. The summed E-state index contributed by atoms with van der Waals surface area (Å²) in [6, 6.07) is 11.1. The Hall–Kier alpha value is -2.91. The number of hydrogen-bond donors (Lipinski definition) is 1. The molecule has 166 valence electrons. The molecule has 1 aliphatic rings. The summed E-state index contributed by atoms with van der Waals surface area (Å²) >= 11 is 0. The summed E-state index contributed by atoms with van der Waals surface area (Å²) in [4.78, 5) is 25.3. The first-order valence-electron chi connectivity index (χ1n) is 9.86. The minimum absolute atomic E-state index is 0.0418. The topological polar surface area (TPSA) is 102 Å². The van der Waals surface area contributed by atoms with Gasteiger partial charge >= 0.3 is 5.97 Å². The van der Waals surface area contributed by atoms with Crippen LogP contribution < -0.4 is 10.1 Å². The van der Waals surface area contributed by atoms with Crippen LogP contribution in [0.5, 0.6) is 5.75 Å². The molecule has 0 spiro atoms. The lowest BCUT2D eigenvalue weighted by Gasteiger charge is -2.16. The molecular weight excluding hydrogens is 420 g/mol. The predicted molar refractivity (Wildman–Crippen MR) is 116 cm³/mol. The molecule has 0 saturated carbocycles. The van der Waals surface area contributed by atoms with Crippen molar-refractivity contribution in [2.24, 2.45) is 0 Å². The zero-order valence-electron chi connectivity index (χ0n) is 18.1. The lowest BCUT2D eigenvalue weighted by Crippen LogP contribution is -2.30. The first kappa shape index (κ1) is 22.8. The SMILES string of the molecule is CC(OC(=O)c1cccc2c1OC(C)C2C)C(=O)Nc1cccc(S(=O)(=O)N(C)C)c1. The maximum Gasteiger partial charge on any atom is 0.342 e. The fourth-order valence-electron chi connectivity index (χ4n) is 3.21. The maximum atomic E-state index is 12.7. The number of sulfonamides is 1. The first-order valence-corrected chi connectivity index (χ1v) is 11.3. The van der Waals surface area contributed by atoms with Gasteiger partial charge in [0.25, 0.3) is 5.91 Å². The van der Waals surface area contributed by atoms with Crippen molar-refractivity contribution >= 4 is 27.6 Å². The normalized spacial score (nSPS) is 18.8. The van der Waals surface area contributed by atoms with Crippen LogP contribution in [0.25, 0.3) is 0 Å². The summed E-state index contributed by atoms with van der Waals surface area (Å²) < 4.78 is 36.8. The van der Waals surface area contributed by atoms with Crippen LogP contribution in [0.3, 0.4) is 0 Å². The number of anilines is 1. The molecule has 0 radical (unpaired) electrons. The molecule has 8 nitrogen and oxygen atoms in total. The molecule has 0 bridgehead atoms. The van der Waals surface area contributed by atoms with E-state index in [0.29, 0.717) is 5.75 Å². The number of esters is 1. The van der Waals surface area contributed by atoms with Gasteiger partial charge in [0.05, 0.1) is 4.90 Å². The largest absolute Gasteiger partial charge is 0.489 e. The predicted octanol–water partition coefficient (Wildman–Crippen LogP) is 3.01. The van der Waals surface area contributed by atoms with Crippen molar-refractivity contribution in [3.05, 3.63) is 53.6 Å². The summed E-state index contributed by atoms with van der Waals surface area (Å²) in [5.74, 6) is -0.608. The summed E-state index contributed by atoms with van der Waals surface area (Å²) in [7, 11) is -0.794. The monoisotopic (exact) mass is 446 g/mol. The number of hydrogen-bond acceptors (Lipinski definition) is 6. The molecule has 0 aliphatic carbocycles. The van der Waals surface area contributed by atoms with Crippen LogP contribution in [0.4, 0.5) is 5.69 Å². The van der Waals surface area contributed by atoms with Crippen LogP contribution >= 0.6 is 0 Å². The molecule has 3 rings (SSSR count). The maximum absolute atomic E-state index is 12.7. The second kappa shape index (κ2) is 8.68. The van der Waals surface area contributed by atoms with Gasteiger partial charge in [-0.3, -0.25) is 4.79 Å². The standard InChI is InChI=1S/C22H26N2O6S/c1-13-14(2)29-20-18(13)10-7-11-19(20)22(26)30-15(3)21(25)23-16-8-6-9-17(12-16)31(27,28)24(4)5/h6-15H,1-5H3,(H,23,25). The van der Waals surface area contributed by atoms with E-state index in [1.807, 2.05) is 19.9 Å². The zero-order valence-corrected chi connectivity index (χ0v) is 18.9. The molecule has 0 saturated heterocycles. The Kier molecular flexibility index (Phi) is 6.38. The number of ether oxygens (including phenoxy) is 2. The van der Waals surface area contributed by atoms with E-state index in [2.05, 4.69) is 5.32 Å². The smallest absolute Gasteiger partial charge is 0.342 e. The second-order valence-electron chi connectivity index (χ2n) is 7.69. The average molecular weight is 447 g/mol. The summed E-state index contributed by atoms with van der Waals surface area (Å²) in [5, 5.41) is 2.59. The summed E-state index contributed by atoms with van der Waals surface area (Å²) in [5.41, 5.74) is 1.48. The van der Waals surface area contributed by atoms with Crippen LogP contribution in [0.15, 0.2) is 47.4 Å². The molecule has 2 aromatic carbocycles. The molecule has 0 fully saturated rings. The molecule has 1 heterocycles. The third kappa shape index (κ3) is 4.57. The first-order chi connectivity index (χ1) is 14.5. The molecule has 1 aliphatic heterocycles. The van der Waals surface area contributed by atoms with E-state index in [4.69, 9.17) is 9.47 Å². The minimum atomic E-state index is -3.64. The zero-order chi connectivity index (χ0) is 22.9. The highest BCUT2D eigenvalue weighted by Gasteiger charge is 2.32. The third-order valence-electron chi connectivity index (χ3n) is 5.30. The van der Waals surface area contributed by atoms with Crippen LogP contribution in [-0.2, 0) is 19.6 Å². The molecule has 2 aromatic rings. The van der Waals surface area contributed by atoms with E-state index in [1.54, 1.807) is 18.2 Å². The molecule has 3 atom stereocenters. The number of fused-ring (bicyclic) bond motifs is 1. The quantitative estimate of drug-likeness (QED) is 0.685. The Morgan fingerprint density at radius 1 is 1.13 bits per heavy atom. The van der Waals surface area contributed by atoms with Crippen LogP contribution in [0.2, 0.25) is 0 Å². The molecule has 0 aromatic heterocycles. The number of nitrogens with one attached hydrogen (secondary N) is 1. The lowest BCUT2D eigenvalue weighted by atomic mass is 9.97. The number of carbonyl (C=O) groups is 2. The van der Waals surface area contributed by atoms with Gasteiger partial charge in [-0.1, -0.05) is 25.1 Å². The van der Waals surface area contributed by atoms with Crippen LogP contribution in [-0.4, -0.2) is 50.9 Å². The van der Waals surface area contributed by atoms with E-state index >= 15 is 0 Å². The van der Waals surface area contributed by atoms with Crippen molar-refractivity contribution in [1.29, 1.82) is 0 Å². The van der Waals surface area contributed by atoms with Gasteiger partial charge in [-0.15, -0.1) is 0 Å². The van der Waals surface area contributed by atoms with Gasteiger partial charge in [0.2, 0.25) is 10.0 Å². The van der Waals surface area contributed by atoms with Gasteiger partial charge in [0.15, 0.2) is 6.10 Å². The van der Waals surface area contributed by atoms with Crippen molar-refractivity contribution in [2.75, 3.05) is 19.4 Å².